The van der Waals surface area contributed by atoms with E-state index < -0.39 is 0 Å². The van der Waals surface area contributed by atoms with E-state index in [9.17, 15) is 4.79 Å². The third kappa shape index (κ3) is 22.3. The number of hydrogen-bond acceptors (Lipinski definition) is 3. The van der Waals surface area contributed by atoms with E-state index in [0.717, 1.165) is 28.7 Å². The molecule has 0 aliphatic heterocycles. The van der Waals surface area contributed by atoms with Crippen molar-refractivity contribution in [3.8, 4) is 11.8 Å². The largest absolute Gasteiger partial charge is 0.326 e. The summed E-state index contributed by atoms with van der Waals surface area (Å²) in [6.45, 7) is 21.5. The first-order chi connectivity index (χ1) is 16.6. The monoisotopic (exact) mass is 476 g/mol. The Morgan fingerprint density at radius 1 is 1.06 bits per heavy atom. The molecule has 2 aromatic rings. The first-order valence-corrected chi connectivity index (χ1v) is 12.1. The van der Waals surface area contributed by atoms with Gasteiger partial charge in [0, 0.05) is 23.9 Å². The number of nitrogens with one attached hydrogen (secondary N) is 1. The molecule has 0 saturated heterocycles. The van der Waals surface area contributed by atoms with E-state index in [1.807, 2.05) is 32.9 Å². The number of rotatable bonds is 4. The van der Waals surface area contributed by atoms with Crippen molar-refractivity contribution in [1.82, 2.24) is 0 Å². The van der Waals surface area contributed by atoms with Crippen LogP contribution < -0.4 is 5.73 Å². The van der Waals surface area contributed by atoms with Gasteiger partial charge in [0.25, 0.3) is 0 Å². The van der Waals surface area contributed by atoms with Crippen molar-refractivity contribution < 1.29 is 4.79 Å². The van der Waals surface area contributed by atoms with Crippen molar-refractivity contribution in [2.75, 3.05) is 6.54 Å². The van der Waals surface area contributed by atoms with Crippen LogP contribution in [0.25, 0.3) is 0 Å². The normalized spacial score (nSPS) is 8.17. The fourth-order valence-corrected chi connectivity index (χ4v) is 2.30. The minimum Gasteiger partial charge on any atom is -0.326 e. The number of Topliss-reactive ketones (excluding diaryl/α,β-unsaturated/α-hetero) is 1. The molecule has 192 valence electrons. The molecule has 0 bridgehead atoms. The smallest absolute Gasteiger partial charge is 0.159 e. The highest BCUT2D eigenvalue weighted by atomic mass is 16.1. The molecule has 3 N–H and O–H groups in total. The summed E-state index contributed by atoms with van der Waals surface area (Å²) in [6, 6.07) is 15.9. The molecule has 0 amide bonds. The van der Waals surface area contributed by atoms with Crippen LogP contribution in [-0.2, 0) is 6.42 Å². The maximum absolute atomic E-state index is 11.0. The first-order valence-electron chi connectivity index (χ1n) is 12.1. The van der Waals surface area contributed by atoms with Crippen LogP contribution >= 0.6 is 0 Å². The number of hydrogen-bond donors (Lipinski definition) is 2. The average molecular weight is 477 g/mol. The van der Waals surface area contributed by atoms with Crippen LogP contribution in [0.2, 0.25) is 0 Å². The first kappa shape index (κ1) is 36.4. The Morgan fingerprint density at radius 2 is 1.60 bits per heavy atom. The topological polar surface area (TPSA) is 66.9 Å². The highest BCUT2D eigenvalue weighted by Crippen LogP contribution is 2.04. The summed E-state index contributed by atoms with van der Waals surface area (Å²) >= 11 is 0. The minimum atomic E-state index is 0.0785. The fraction of sp³-hybridized carbons (Fsp3) is 0.375. The summed E-state index contributed by atoms with van der Waals surface area (Å²) in [5.74, 6) is 5.77. The Bertz CT molecular complexity index is 939. The van der Waals surface area contributed by atoms with E-state index in [1.54, 1.807) is 32.1 Å². The Balaban J connectivity index is -0.000000401. The van der Waals surface area contributed by atoms with Crippen LogP contribution in [0.4, 0.5) is 0 Å². The Labute approximate surface area is 216 Å². The van der Waals surface area contributed by atoms with Crippen LogP contribution in [0.1, 0.15) is 88.9 Å². The third-order valence-corrected chi connectivity index (χ3v) is 4.07. The highest BCUT2D eigenvalue weighted by Gasteiger charge is 1.97. The predicted molar refractivity (Wildman–Crippen MR) is 158 cm³/mol. The zero-order valence-electron chi connectivity index (χ0n) is 23.6. The van der Waals surface area contributed by atoms with Gasteiger partial charge in [0.15, 0.2) is 5.78 Å². The van der Waals surface area contributed by atoms with E-state index in [-0.39, 0.29) is 5.78 Å². The second kappa shape index (κ2) is 25.4. The van der Waals surface area contributed by atoms with E-state index >= 15 is 0 Å². The summed E-state index contributed by atoms with van der Waals surface area (Å²) in [5, 5.41) is 6.83. The number of benzene rings is 2. The van der Waals surface area contributed by atoms with Gasteiger partial charge in [-0.25, -0.2) is 0 Å². The van der Waals surface area contributed by atoms with Crippen molar-refractivity contribution in [1.29, 1.82) is 5.41 Å². The van der Waals surface area contributed by atoms with Gasteiger partial charge in [-0.1, -0.05) is 86.7 Å². The van der Waals surface area contributed by atoms with Gasteiger partial charge in [-0.05, 0) is 71.2 Å². The number of ketones is 1. The Kier molecular flexibility index (Phi) is 26.4. The summed E-state index contributed by atoms with van der Waals surface area (Å²) < 4.78 is 0. The van der Waals surface area contributed by atoms with Gasteiger partial charge >= 0.3 is 0 Å². The van der Waals surface area contributed by atoms with E-state index in [4.69, 9.17) is 11.1 Å². The maximum atomic E-state index is 11.0. The summed E-state index contributed by atoms with van der Waals surface area (Å²) in [4.78, 5) is 11.0. The second-order valence-electron chi connectivity index (χ2n) is 7.84. The molecule has 0 unspecified atom stereocenters. The molecule has 0 fully saturated rings. The molecule has 0 heterocycles. The van der Waals surface area contributed by atoms with Gasteiger partial charge in [0.2, 0.25) is 0 Å². The molecular formula is C32H48N2O. The Morgan fingerprint density at radius 3 is 1.91 bits per heavy atom. The molecule has 0 aromatic heterocycles. The third-order valence-electron chi connectivity index (χ3n) is 4.07. The van der Waals surface area contributed by atoms with E-state index in [0.29, 0.717) is 6.54 Å². The van der Waals surface area contributed by atoms with Gasteiger partial charge in [0.1, 0.15) is 0 Å². The summed E-state index contributed by atoms with van der Waals surface area (Å²) in [6.07, 6.45) is 5.44. The zero-order valence-corrected chi connectivity index (χ0v) is 23.6. The van der Waals surface area contributed by atoms with Crippen LogP contribution in [0.3, 0.4) is 0 Å². The molecular weight excluding hydrogens is 428 g/mol. The molecule has 0 spiro atoms. The molecule has 0 radical (unpaired) electrons. The zero-order chi connectivity index (χ0) is 27.6. The molecule has 2 aromatic carbocycles. The molecule has 0 atom stereocenters. The van der Waals surface area contributed by atoms with Gasteiger partial charge in [-0.15, -0.1) is 12.5 Å². The lowest BCUT2D eigenvalue weighted by Crippen LogP contribution is -2.04. The van der Waals surface area contributed by atoms with Crippen LogP contribution in [-0.4, -0.2) is 18.5 Å². The van der Waals surface area contributed by atoms with Gasteiger partial charge in [-0.3, -0.25) is 4.79 Å². The SMILES string of the molecule is C=CC.CC#Cc1cccc(C(C)=O)c1.CC(C)=C(C=N)CN.CCC.CCc1cccc(C)c1. The molecule has 2 rings (SSSR count). The quantitative estimate of drug-likeness (QED) is 0.201. The van der Waals surface area contributed by atoms with Crippen molar-refractivity contribution in [3.63, 3.8) is 0 Å². The molecule has 0 aliphatic carbocycles. The lowest BCUT2D eigenvalue weighted by Gasteiger charge is -1.95. The number of carbonyl (C=O) groups excluding carboxylic acids is 1. The van der Waals surface area contributed by atoms with Crippen molar-refractivity contribution in [2.45, 2.75) is 75.2 Å². The molecule has 0 saturated carbocycles. The van der Waals surface area contributed by atoms with Gasteiger partial charge in [0.05, 0.1) is 0 Å². The van der Waals surface area contributed by atoms with Crippen LogP contribution in [0.15, 0.2) is 72.3 Å². The average Bonchev–Trinajstić information content (AvgIpc) is 2.82. The minimum absolute atomic E-state index is 0.0785. The van der Waals surface area contributed by atoms with Crippen molar-refractivity contribution in [3.05, 3.63) is 94.6 Å². The van der Waals surface area contributed by atoms with Gasteiger partial charge in [-0.2, -0.15) is 0 Å². The second-order valence-corrected chi connectivity index (χ2v) is 7.84. The van der Waals surface area contributed by atoms with E-state index in [2.05, 4.69) is 70.4 Å². The summed E-state index contributed by atoms with van der Waals surface area (Å²) in [5.41, 5.74) is 11.7. The molecule has 0 aliphatic rings. The van der Waals surface area contributed by atoms with Crippen molar-refractivity contribution >= 4 is 12.0 Å². The number of carbonyl (C=O) groups is 1. The van der Waals surface area contributed by atoms with Crippen molar-refractivity contribution in [2.24, 2.45) is 5.73 Å². The van der Waals surface area contributed by atoms with Crippen LogP contribution in [0.5, 0.6) is 0 Å². The lowest BCUT2D eigenvalue weighted by atomic mass is 10.1. The standard InChI is InChI=1S/C11H10O.C9H12.C6H12N2.C3H8.C3H6/c1-3-5-10-6-4-7-11(8-10)9(2)12;1-3-9-6-4-5-8(2)7-9;1-5(2)6(3-7)4-8;2*1-3-2/h4,6-8H,1-2H3;4-7H,3H2,1-2H3;3,7H,4,8H2,1-2H3;3H2,1-2H3;3H,1H2,2H3. The number of nitrogens with two attached hydrogens (primary N) is 1. The fourth-order valence-electron chi connectivity index (χ4n) is 2.30. The highest BCUT2D eigenvalue weighted by molar-refractivity contribution is 5.94. The maximum Gasteiger partial charge on any atom is 0.159 e. The number of allylic oxidation sites excluding steroid dienone is 2. The number of aryl methyl sites for hydroxylation is 2. The Hall–Kier alpha value is -3.22. The molecule has 3 heteroatoms. The van der Waals surface area contributed by atoms with Crippen LogP contribution in [0, 0.1) is 24.2 Å². The molecule has 35 heavy (non-hydrogen) atoms. The lowest BCUT2D eigenvalue weighted by molar-refractivity contribution is 0.101. The van der Waals surface area contributed by atoms with E-state index in [1.165, 1.54) is 23.8 Å². The summed E-state index contributed by atoms with van der Waals surface area (Å²) in [7, 11) is 0. The molecule has 3 nitrogen and oxygen atoms in total. The predicted octanol–water partition coefficient (Wildman–Crippen LogP) is 8.36. The van der Waals surface area contributed by atoms with Gasteiger partial charge < -0.3 is 11.1 Å².